The monoisotopic (exact) mass is 444 g/mol. The number of aliphatic imine (C=N–C) groups is 1. The van der Waals surface area contributed by atoms with Crippen LogP contribution in [0, 0.1) is 15.9 Å². The van der Waals surface area contributed by atoms with Gasteiger partial charge in [-0.25, -0.2) is 14.2 Å². The Morgan fingerprint density at radius 1 is 1.10 bits per heavy atom. The first kappa shape index (κ1) is 22.0. The molecule has 0 amide bonds. The number of aromatic nitrogens is 2. The third-order valence-corrected chi connectivity index (χ3v) is 5.47. The first-order valence-corrected chi connectivity index (χ1v) is 9.87. The van der Waals surface area contributed by atoms with Gasteiger partial charge in [-0.1, -0.05) is 12.1 Å². The van der Waals surface area contributed by atoms with Gasteiger partial charge in [-0.05, 0) is 29.8 Å². The molecule has 0 aliphatic rings. The summed E-state index contributed by atoms with van der Waals surface area (Å²) < 4.78 is 15.0. The molecule has 0 saturated heterocycles. The molecule has 160 valence electrons. The maximum Gasteiger partial charge on any atom is 0.333 e. The van der Waals surface area contributed by atoms with Crippen LogP contribution in [0.15, 0.2) is 63.1 Å². The van der Waals surface area contributed by atoms with Gasteiger partial charge >= 0.3 is 5.69 Å². The lowest BCUT2D eigenvalue weighted by molar-refractivity contribution is -0.384. The summed E-state index contributed by atoms with van der Waals surface area (Å²) in [5, 5.41) is 21.4. The second kappa shape index (κ2) is 8.96. The van der Waals surface area contributed by atoms with Crippen molar-refractivity contribution >= 4 is 28.2 Å². The van der Waals surface area contributed by atoms with Crippen LogP contribution in [0.1, 0.15) is 11.1 Å². The summed E-state index contributed by atoms with van der Waals surface area (Å²) in [6.07, 6.45) is 0. The molecule has 0 aliphatic heterocycles. The van der Waals surface area contributed by atoms with Crippen LogP contribution in [-0.4, -0.2) is 24.2 Å². The molecule has 1 N–H and O–H groups in total. The number of nitro benzene ring substituents is 1. The highest BCUT2D eigenvalue weighted by Crippen LogP contribution is 2.26. The predicted molar refractivity (Wildman–Crippen MR) is 116 cm³/mol. The molecule has 3 aromatic rings. The highest BCUT2D eigenvalue weighted by Gasteiger charge is 2.21. The normalized spacial score (nSPS) is 11.5. The lowest BCUT2D eigenvalue weighted by Gasteiger charge is -2.12. The Kier molecular flexibility index (Phi) is 6.35. The molecule has 1 aromatic heterocycles. The van der Waals surface area contributed by atoms with E-state index in [1.54, 1.807) is 12.1 Å². The molecule has 0 fully saturated rings. The third kappa shape index (κ3) is 4.72. The van der Waals surface area contributed by atoms with Gasteiger partial charge in [0, 0.05) is 32.0 Å². The highest BCUT2D eigenvalue weighted by atomic mass is 32.2. The number of benzene rings is 2. The van der Waals surface area contributed by atoms with Crippen LogP contribution in [0.5, 0.6) is 5.88 Å². The van der Waals surface area contributed by atoms with Crippen LogP contribution in [0.4, 0.5) is 15.8 Å². The van der Waals surface area contributed by atoms with Crippen molar-refractivity contribution in [2.75, 3.05) is 0 Å². The van der Waals surface area contributed by atoms with E-state index in [9.17, 15) is 29.2 Å². The molecule has 31 heavy (non-hydrogen) atoms. The lowest BCUT2D eigenvalue weighted by Crippen LogP contribution is -2.39. The molecule has 0 saturated carbocycles. The topological polar surface area (TPSA) is 120 Å². The summed E-state index contributed by atoms with van der Waals surface area (Å²) in [6, 6.07) is 11.1. The minimum absolute atomic E-state index is 0.0569. The van der Waals surface area contributed by atoms with Crippen molar-refractivity contribution < 1.29 is 14.4 Å². The number of nitro groups is 1. The Morgan fingerprint density at radius 3 is 2.29 bits per heavy atom. The van der Waals surface area contributed by atoms with Gasteiger partial charge in [0.05, 0.1) is 10.6 Å². The van der Waals surface area contributed by atoms with E-state index in [-0.39, 0.29) is 22.0 Å². The largest absolute Gasteiger partial charge is 0.494 e. The van der Waals surface area contributed by atoms with Gasteiger partial charge in [-0.3, -0.25) is 24.0 Å². The predicted octanol–water partition coefficient (Wildman–Crippen LogP) is 2.85. The van der Waals surface area contributed by atoms with Crippen molar-refractivity contribution in [1.82, 2.24) is 9.13 Å². The van der Waals surface area contributed by atoms with E-state index < -0.39 is 27.9 Å². The van der Waals surface area contributed by atoms with Crippen LogP contribution in [-0.2, 0) is 19.8 Å². The number of thioether (sulfide) groups is 1. The summed E-state index contributed by atoms with van der Waals surface area (Å²) in [5.74, 6) is -0.742. The van der Waals surface area contributed by atoms with Crippen LogP contribution in [0.25, 0.3) is 0 Å². The Balaban J connectivity index is 2.06. The molecule has 9 nitrogen and oxygen atoms in total. The van der Waals surface area contributed by atoms with Gasteiger partial charge in [0.2, 0.25) is 5.88 Å². The van der Waals surface area contributed by atoms with E-state index in [1.165, 1.54) is 50.5 Å². The molecule has 3 rings (SSSR count). The smallest absolute Gasteiger partial charge is 0.333 e. The third-order valence-electron chi connectivity index (χ3n) is 4.43. The van der Waals surface area contributed by atoms with E-state index in [1.807, 2.05) is 0 Å². The summed E-state index contributed by atoms with van der Waals surface area (Å²) in [7, 11) is 2.60. The van der Waals surface area contributed by atoms with Gasteiger partial charge < -0.3 is 5.11 Å². The zero-order chi connectivity index (χ0) is 22.7. The van der Waals surface area contributed by atoms with Gasteiger partial charge in [-0.15, -0.1) is 11.8 Å². The zero-order valence-electron chi connectivity index (χ0n) is 16.5. The Labute approximate surface area is 179 Å². The van der Waals surface area contributed by atoms with Crippen molar-refractivity contribution in [3.05, 3.63) is 96.4 Å². The van der Waals surface area contributed by atoms with Gasteiger partial charge in [0.1, 0.15) is 16.4 Å². The van der Waals surface area contributed by atoms with Crippen molar-refractivity contribution in [2.45, 2.75) is 5.75 Å². The fraction of sp³-hybridized carbons (Fsp3) is 0.150. The maximum atomic E-state index is 13.3. The average Bonchev–Trinajstić information content (AvgIpc) is 2.76. The van der Waals surface area contributed by atoms with Crippen molar-refractivity contribution in [3.63, 3.8) is 0 Å². The van der Waals surface area contributed by atoms with Crippen LogP contribution < -0.4 is 11.2 Å². The maximum absolute atomic E-state index is 13.3. The molecule has 2 aromatic carbocycles. The molecule has 0 unspecified atom stereocenters. The standard InChI is InChI=1S/C20H17FN4O5S/c1-23-18(26)16(19(27)24(2)20(23)28)17(22-14-7-5-13(21)6-8-14)31-11-12-3-9-15(10-4-12)25(29)30/h3-10,26H,11H2,1-2H3. The molecule has 0 radical (unpaired) electrons. The number of hydrogen-bond acceptors (Lipinski definition) is 7. The van der Waals surface area contributed by atoms with E-state index in [4.69, 9.17) is 0 Å². The molecular formula is C20H17FN4O5S. The SMILES string of the molecule is Cn1c(O)c(C(=Nc2ccc(F)cc2)SCc2ccc([N+](=O)[O-])cc2)c(=O)n(C)c1=O. The molecule has 0 aliphatic carbocycles. The molecule has 11 heteroatoms. The molecule has 1 heterocycles. The van der Waals surface area contributed by atoms with Crippen LogP contribution in [0.2, 0.25) is 0 Å². The lowest BCUT2D eigenvalue weighted by atomic mass is 10.2. The number of nitrogens with zero attached hydrogens (tertiary/aromatic N) is 4. The van der Waals surface area contributed by atoms with E-state index in [0.717, 1.165) is 20.9 Å². The number of rotatable bonds is 5. The van der Waals surface area contributed by atoms with Gasteiger partial charge in [0.15, 0.2) is 0 Å². The van der Waals surface area contributed by atoms with Crippen LogP contribution >= 0.6 is 11.8 Å². The fourth-order valence-electron chi connectivity index (χ4n) is 2.68. The van der Waals surface area contributed by atoms with Crippen molar-refractivity contribution in [1.29, 1.82) is 0 Å². The number of hydrogen-bond donors (Lipinski definition) is 1. The quantitative estimate of drug-likeness (QED) is 0.280. The van der Waals surface area contributed by atoms with Crippen molar-refractivity contribution in [2.24, 2.45) is 19.1 Å². The number of non-ortho nitro benzene ring substituents is 1. The number of halogens is 1. The van der Waals surface area contributed by atoms with Crippen molar-refractivity contribution in [3.8, 4) is 5.88 Å². The van der Waals surface area contributed by atoms with E-state index in [2.05, 4.69) is 4.99 Å². The first-order valence-electron chi connectivity index (χ1n) is 8.88. The second-order valence-corrected chi connectivity index (χ2v) is 7.47. The minimum atomic E-state index is -0.738. The van der Waals surface area contributed by atoms with Crippen LogP contribution in [0.3, 0.4) is 0 Å². The van der Waals surface area contributed by atoms with E-state index >= 15 is 0 Å². The summed E-state index contributed by atoms with van der Waals surface area (Å²) >= 11 is 1.09. The Hall–Kier alpha value is -3.73. The van der Waals surface area contributed by atoms with Gasteiger partial charge in [0.25, 0.3) is 11.2 Å². The highest BCUT2D eigenvalue weighted by molar-refractivity contribution is 8.13. The fourth-order valence-corrected chi connectivity index (χ4v) is 3.67. The molecule has 0 spiro atoms. The van der Waals surface area contributed by atoms with Gasteiger partial charge in [-0.2, -0.15) is 0 Å². The second-order valence-electron chi connectivity index (χ2n) is 6.51. The Morgan fingerprint density at radius 2 is 1.71 bits per heavy atom. The average molecular weight is 444 g/mol. The molecule has 0 bridgehead atoms. The summed E-state index contributed by atoms with van der Waals surface area (Å²) in [5.41, 5.74) is -0.628. The molecular weight excluding hydrogens is 427 g/mol. The molecule has 0 atom stereocenters. The Bertz CT molecular complexity index is 1280. The number of aromatic hydroxyl groups is 1. The first-order chi connectivity index (χ1) is 14.7. The summed E-state index contributed by atoms with van der Waals surface area (Å²) in [4.78, 5) is 39.5. The van der Waals surface area contributed by atoms with E-state index in [0.29, 0.717) is 11.3 Å². The minimum Gasteiger partial charge on any atom is -0.494 e. The summed E-state index contributed by atoms with van der Waals surface area (Å²) in [6.45, 7) is 0. The zero-order valence-corrected chi connectivity index (χ0v) is 17.3.